The molecule has 0 fully saturated rings. The first-order chi connectivity index (χ1) is 11.9. The molecule has 9 nitrogen and oxygen atoms in total. The molecule has 0 saturated carbocycles. The van der Waals surface area contributed by atoms with Crippen molar-refractivity contribution < 1.29 is 24.2 Å². The summed E-state index contributed by atoms with van der Waals surface area (Å²) in [7, 11) is 0. The molecule has 0 aromatic heterocycles. The Morgan fingerprint density at radius 3 is 1.48 bits per heavy atom. The van der Waals surface area contributed by atoms with Crippen LogP contribution < -0.4 is 0 Å². The summed E-state index contributed by atoms with van der Waals surface area (Å²) in [6.07, 6.45) is -0.917. The van der Waals surface area contributed by atoms with Crippen molar-refractivity contribution in [1.82, 2.24) is 0 Å². The maximum Gasteiger partial charge on any atom is 0.318 e. The highest BCUT2D eigenvalue weighted by Gasteiger charge is 2.21. The van der Waals surface area contributed by atoms with Crippen LogP contribution in [0.25, 0.3) is 0 Å². The molecule has 9 heteroatoms. The zero-order valence-electron chi connectivity index (χ0n) is 12.8. The molecule has 2 rings (SSSR count). The van der Waals surface area contributed by atoms with Crippen LogP contribution in [-0.2, 0) is 27.2 Å². The standard InChI is InChI=1S/C16H12N2O7/c19-15(9-11-5-1-3-7-13(11)17(21)22)25-16(20)10-12-6-2-4-8-14(12)18(23)24/h1-8H,9-10H2. The molecule has 0 aliphatic heterocycles. The Kier molecular flexibility index (Phi) is 5.51. The van der Waals surface area contributed by atoms with Crippen LogP contribution in [0, 0.1) is 20.2 Å². The summed E-state index contributed by atoms with van der Waals surface area (Å²) >= 11 is 0. The maximum absolute atomic E-state index is 11.8. The van der Waals surface area contributed by atoms with E-state index in [-0.39, 0.29) is 22.5 Å². The van der Waals surface area contributed by atoms with E-state index in [1.54, 1.807) is 0 Å². The summed E-state index contributed by atoms with van der Waals surface area (Å²) in [5.41, 5.74) is -0.303. The lowest BCUT2D eigenvalue weighted by molar-refractivity contribution is -0.385. The van der Waals surface area contributed by atoms with E-state index in [0.717, 1.165) is 0 Å². The molecular formula is C16H12N2O7. The van der Waals surface area contributed by atoms with Crippen molar-refractivity contribution >= 4 is 23.3 Å². The minimum absolute atomic E-state index is 0.107. The summed E-state index contributed by atoms with van der Waals surface area (Å²) in [6, 6.07) is 11.2. The number of carbonyl (C=O) groups is 2. The van der Waals surface area contributed by atoms with E-state index >= 15 is 0 Å². The molecule has 0 radical (unpaired) electrons. The molecule has 0 unspecified atom stereocenters. The topological polar surface area (TPSA) is 130 Å². The van der Waals surface area contributed by atoms with Crippen LogP contribution in [0.15, 0.2) is 48.5 Å². The molecule has 0 atom stereocenters. The van der Waals surface area contributed by atoms with Gasteiger partial charge in [0.1, 0.15) is 0 Å². The number of nitro benzene ring substituents is 2. The van der Waals surface area contributed by atoms with Crippen molar-refractivity contribution in [3.63, 3.8) is 0 Å². The summed E-state index contributed by atoms with van der Waals surface area (Å²) in [5.74, 6) is -1.95. The smallest absolute Gasteiger partial charge is 0.318 e. The van der Waals surface area contributed by atoms with Gasteiger partial charge in [-0.05, 0) is 0 Å². The molecule has 128 valence electrons. The van der Waals surface area contributed by atoms with Crippen molar-refractivity contribution in [2.24, 2.45) is 0 Å². The summed E-state index contributed by atoms with van der Waals surface area (Å²) in [6.45, 7) is 0. The SMILES string of the molecule is O=C(Cc1ccccc1[N+](=O)[O-])OC(=O)Cc1ccccc1[N+](=O)[O-]. The lowest BCUT2D eigenvalue weighted by Gasteiger charge is -2.05. The summed E-state index contributed by atoms with van der Waals surface area (Å²) in [4.78, 5) is 44.1. The van der Waals surface area contributed by atoms with Crippen molar-refractivity contribution in [2.75, 3.05) is 0 Å². The number of nitrogens with zero attached hydrogens (tertiary/aromatic N) is 2. The zero-order chi connectivity index (χ0) is 18.4. The molecular weight excluding hydrogens is 332 g/mol. The molecule has 0 amide bonds. The van der Waals surface area contributed by atoms with E-state index in [9.17, 15) is 29.8 Å². The largest absolute Gasteiger partial charge is 0.393 e. The Labute approximate surface area is 141 Å². The van der Waals surface area contributed by atoms with Gasteiger partial charge < -0.3 is 4.74 Å². The number of benzene rings is 2. The molecule has 0 aliphatic rings. The Hall–Kier alpha value is -3.62. The highest BCUT2D eigenvalue weighted by molar-refractivity contribution is 5.88. The number of para-hydroxylation sites is 2. The second-order valence-corrected chi connectivity index (χ2v) is 4.97. The third-order valence-corrected chi connectivity index (χ3v) is 3.27. The first kappa shape index (κ1) is 17.7. The van der Waals surface area contributed by atoms with Crippen LogP contribution in [0.5, 0.6) is 0 Å². The van der Waals surface area contributed by atoms with E-state index in [1.165, 1.54) is 48.5 Å². The fourth-order valence-corrected chi connectivity index (χ4v) is 2.19. The number of carbonyl (C=O) groups excluding carboxylic acids is 2. The molecule has 0 bridgehead atoms. The van der Waals surface area contributed by atoms with Gasteiger partial charge >= 0.3 is 11.9 Å². The summed E-state index contributed by atoms with van der Waals surface area (Å²) in [5, 5.41) is 21.8. The minimum Gasteiger partial charge on any atom is -0.393 e. The van der Waals surface area contributed by atoms with Gasteiger partial charge in [0.05, 0.1) is 22.7 Å². The van der Waals surface area contributed by atoms with Crippen LogP contribution in [0.2, 0.25) is 0 Å². The monoisotopic (exact) mass is 344 g/mol. The van der Waals surface area contributed by atoms with Crippen LogP contribution in [0.4, 0.5) is 11.4 Å². The molecule has 25 heavy (non-hydrogen) atoms. The van der Waals surface area contributed by atoms with Gasteiger partial charge in [-0.15, -0.1) is 0 Å². The zero-order valence-corrected chi connectivity index (χ0v) is 12.8. The quantitative estimate of drug-likeness (QED) is 0.340. The van der Waals surface area contributed by atoms with E-state index in [2.05, 4.69) is 4.74 Å². The molecule has 2 aromatic carbocycles. The third-order valence-electron chi connectivity index (χ3n) is 3.27. The highest BCUT2D eigenvalue weighted by Crippen LogP contribution is 2.20. The van der Waals surface area contributed by atoms with Crippen LogP contribution in [0.1, 0.15) is 11.1 Å². The first-order valence-corrected chi connectivity index (χ1v) is 7.06. The molecule has 0 saturated heterocycles. The highest BCUT2D eigenvalue weighted by atomic mass is 16.6. The van der Waals surface area contributed by atoms with E-state index in [4.69, 9.17) is 0 Å². The Balaban J connectivity index is 2.03. The average Bonchev–Trinajstić information content (AvgIpc) is 2.55. The van der Waals surface area contributed by atoms with Gasteiger partial charge in [-0.1, -0.05) is 36.4 Å². The number of nitro groups is 2. The van der Waals surface area contributed by atoms with Crippen molar-refractivity contribution in [3.8, 4) is 0 Å². The normalized spacial score (nSPS) is 10.1. The lowest BCUT2D eigenvalue weighted by Crippen LogP contribution is -2.17. The van der Waals surface area contributed by atoms with Gasteiger partial charge in [0.15, 0.2) is 0 Å². The van der Waals surface area contributed by atoms with Crippen LogP contribution >= 0.6 is 0 Å². The van der Waals surface area contributed by atoms with E-state index in [1.807, 2.05) is 0 Å². The van der Waals surface area contributed by atoms with Gasteiger partial charge in [0, 0.05) is 23.3 Å². The maximum atomic E-state index is 11.8. The van der Waals surface area contributed by atoms with Crippen LogP contribution in [0.3, 0.4) is 0 Å². The van der Waals surface area contributed by atoms with Crippen LogP contribution in [-0.4, -0.2) is 21.8 Å². The van der Waals surface area contributed by atoms with Gasteiger partial charge in [-0.25, -0.2) is 0 Å². The third kappa shape index (κ3) is 4.67. The Morgan fingerprint density at radius 2 is 1.12 bits per heavy atom. The lowest BCUT2D eigenvalue weighted by atomic mass is 10.1. The van der Waals surface area contributed by atoms with Gasteiger partial charge in [-0.3, -0.25) is 29.8 Å². The minimum atomic E-state index is -0.974. The molecule has 0 heterocycles. The molecule has 0 N–H and O–H groups in total. The Bertz CT molecular complexity index is 778. The Morgan fingerprint density at radius 1 is 0.760 bits per heavy atom. The van der Waals surface area contributed by atoms with Gasteiger partial charge in [0.25, 0.3) is 11.4 Å². The number of hydrogen-bond acceptors (Lipinski definition) is 7. The number of rotatable bonds is 6. The van der Waals surface area contributed by atoms with Crippen molar-refractivity contribution in [1.29, 1.82) is 0 Å². The predicted octanol–water partition coefficient (Wildman–Crippen LogP) is 2.36. The number of ether oxygens (including phenoxy) is 1. The first-order valence-electron chi connectivity index (χ1n) is 7.06. The number of esters is 2. The molecule has 2 aromatic rings. The fourth-order valence-electron chi connectivity index (χ4n) is 2.19. The number of hydrogen-bond donors (Lipinski definition) is 0. The van der Waals surface area contributed by atoms with E-state index < -0.39 is 34.6 Å². The van der Waals surface area contributed by atoms with E-state index in [0.29, 0.717) is 0 Å². The van der Waals surface area contributed by atoms with Gasteiger partial charge in [-0.2, -0.15) is 0 Å². The van der Waals surface area contributed by atoms with Crippen molar-refractivity contribution in [2.45, 2.75) is 12.8 Å². The van der Waals surface area contributed by atoms with Crippen molar-refractivity contribution in [3.05, 3.63) is 79.9 Å². The second kappa shape index (κ2) is 7.77. The fraction of sp³-hybridized carbons (Fsp3) is 0.125. The second-order valence-electron chi connectivity index (χ2n) is 4.97. The summed E-state index contributed by atoms with van der Waals surface area (Å²) < 4.78 is 4.60. The molecule has 0 aliphatic carbocycles. The average molecular weight is 344 g/mol. The predicted molar refractivity (Wildman–Crippen MR) is 84.7 cm³/mol. The van der Waals surface area contributed by atoms with Gasteiger partial charge in [0.2, 0.25) is 0 Å². The molecule has 0 spiro atoms.